The molecule has 5 nitrogen and oxygen atoms in total. The fourth-order valence-electron chi connectivity index (χ4n) is 2.64. The van der Waals surface area contributed by atoms with Gasteiger partial charge in [0.1, 0.15) is 22.7 Å². The van der Waals surface area contributed by atoms with Crippen molar-refractivity contribution in [2.75, 3.05) is 11.0 Å². The number of fused-ring (bicyclic) bond motifs is 1. The second kappa shape index (κ2) is 7.67. The normalized spacial score (nSPS) is 22.8. The molecule has 132 valence electrons. The molecule has 2 aliphatic rings. The maximum absolute atomic E-state index is 12.5. The number of likely N-dealkylation sites (tertiary alicyclic amines) is 1. The summed E-state index contributed by atoms with van der Waals surface area (Å²) < 4.78 is 5.84. The molecule has 0 bridgehead atoms. The molecule has 0 spiro atoms. The second-order valence-corrected chi connectivity index (χ2v) is 8.42. The van der Waals surface area contributed by atoms with E-state index in [1.165, 1.54) is 16.7 Å². The van der Waals surface area contributed by atoms with Crippen LogP contribution in [0.4, 0.5) is 0 Å². The van der Waals surface area contributed by atoms with E-state index in [9.17, 15) is 9.59 Å². The third kappa shape index (κ3) is 3.59. The number of carbonyl (C=O) groups excluding carboxylic acids is 2. The number of hydrogen-bond donors (Lipinski definition) is 0. The molecule has 3 rings (SSSR count). The SMILES string of the molecule is CC(Cl)=C(C(=O)OCCI)N1C(=O)C2N=C(c3ccc(C)cc3)SC21. The molecule has 1 amide bonds. The standard InChI is InChI=1S/C17H16ClIN2O3S/c1-9-3-5-11(6-4-9)14-20-12-15(22)21(16(12)25-14)13(10(2)18)17(23)24-8-7-19/h3-6,12,16H,7-8H2,1-2H3. The number of halogens is 2. The lowest BCUT2D eigenvalue weighted by atomic mass is 10.1. The summed E-state index contributed by atoms with van der Waals surface area (Å²) in [5.41, 5.74) is 2.25. The topological polar surface area (TPSA) is 59.0 Å². The van der Waals surface area contributed by atoms with E-state index >= 15 is 0 Å². The molecular formula is C17H16ClIN2O3S. The maximum Gasteiger partial charge on any atom is 0.356 e. The predicted octanol–water partition coefficient (Wildman–Crippen LogP) is 3.47. The first kappa shape index (κ1) is 18.7. The zero-order valence-electron chi connectivity index (χ0n) is 13.7. The molecule has 1 saturated heterocycles. The van der Waals surface area contributed by atoms with Crippen molar-refractivity contribution in [2.24, 2.45) is 4.99 Å². The summed E-state index contributed by atoms with van der Waals surface area (Å²) in [5.74, 6) is -0.790. The number of aliphatic imine (C=N–C) groups is 1. The molecule has 0 aliphatic carbocycles. The number of allylic oxidation sites excluding steroid dienone is 1. The van der Waals surface area contributed by atoms with Gasteiger partial charge in [-0.05, 0) is 13.8 Å². The summed E-state index contributed by atoms with van der Waals surface area (Å²) >= 11 is 9.67. The summed E-state index contributed by atoms with van der Waals surface area (Å²) in [4.78, 5) is 30.7. The number of thioether (sulfide) groups is 1. The van der Waals surface area contributed by atoms with E-state index in [0.29, 0.717) is 4.43 Å². The Hall–Kier alpha value is -1.06. The molecular weight excluding hydrogens is 475 g/mol. The van der Waals surface area contributed by atoms with Crippen molar-refractivity contribution >= 4 is 62.9 Å². The summed E-state index contributed by atoms with van der Waals surface area (Å²) in [6.45, 7) is 3.88. The Balaban J connectivity index is 1.80. The van der Waals surface area contributed by atoms with E-state index in [4.69, 9.17) is 16.3 Å². The minimum Gasteiger partial charge on any atom is -0.460 e. The molecule has 2 heterocycles. The number of carbonyl (C=O) groups is 2. The number of rotatable bonds is 5. The molecule has 1 fully saturated rings. The van der Waals surface area contributed by atoms with E-state index in [1.807, 2.05) is 31.2 Å². The molecule has 0 N–H and O–H groups in total. The van der Waals surface area contributed by atoms with Crippen LogP contribution in [0.25, 0.3) is 0 Å². The molecule has 2 unspecified atom stereocenters. The average molecular weight is 491 g/mol. The summed E-state index contributed by atoms with van der Waals surface area (Å²) in [6.07, 6.45) is 0. The van der Waals surface area contributed by atoms with E-state index < -0.39 is 12.0 Å². The van der Waals surface area contributed by atoms with Gasteiger partial charge in [-0.2, -0.15) is 0 Å². The van der Waals surface area contributed by atoms with Crippen molar-refractivity contribution in [1.82, 2.24) is 4.90 Å². The van der Waals surface area contributed by atoms with Gasteiger partial charge < -0.3 is 4.74 Å². The van der Waals surface area contributed by atoms with Crippen LogP contribution in [0.1, 0.15) is 18.1 Å². The van der Waals surface area contributed by atoms with Crippen molar-refractivity contribution in [2.45, 2.75) is 25.3 Å². The smallest absolute Gasteiger partial charge is 0.356 e. The number of amides is 1. The summed E-state index contributed by atoms with van der Waals surface area (Å²) in [5, 5.41) is 0.798. The van der Waals surface area contributed by atoms with Gasteiger partial charge in [0.05, 0.1) is 0 Å². The van der Waals surface area contributed by atoms with E-state index in [2.05, 4.69) is 27.6 Å². The largest absolute Gasteiger partial charge is 0.460 e. The minimum atomic E-state index is -0.569. The number of β-lactam (4-membered cyclic amide) rings is 1. The third-order valence-electron chi connectivity index (χ3n) is 3.87. The van der Waals surface area contributed by atoms with Crippen molar-refractivity contribution in [3.05, 3.63) is 46.1 Å². The second-order valence-electron chi connectivity index (χ2n) is 5.67. The van der Waals surface area contributed by atoms with Crippen molar-refractivity contribution in [1.29, 1.82) is 0 Å². The zero-order chi connectivity index (χ0) is 18.1. The quantitative estimate of drug-likeness (QED) is 0.208. The highest BCUT2D eigenvalue weighted by Gasteiger charge is 2.55. The number of hydrogen-bond acceptors (Lipinski definition) is 5. The maximum atomic E-state index is 12.5. The monoisotopic (exact) mass is 490 g/mol. The Morgan fingerprint density at radius 2 is 2.08 bits per heavy atom. The molecule has 0 aromatic heterocycles. The first-order valence-electron chi connectivity index (χ1n) is 7.68. The van der Waals surface area contributed by atoms with Gasteiger partial charge >= 0.3 is 5.97 Å². The molecule has 1 aromatic carbocycles. The van der Waals surface area contributed by atoms with Crippen molar-refractivity contribution in [3.8, 4) is 0 Å². The van der Waals surface area contributed by atoms with E-state index in [0.717, 1.165) is 16.2 Å². The van der Waals surface area contributed by atoms with Crippen LogP contribution in [0, 0.1) is 6.92 Å². The number of alkyl halides is 1. The van der Waals surface area contributed by atoms with Gasteiger partial charge in [0, 0.05) is 15.0 Å². The van der Waals surface area contributed by atoms with Gasteiger partial charge in [-0.15, -0.1) is 0 Å². The number of nitrogens with zero attached hydrogens (tertiary/aromatic N) is 2. The van der Waals surface area contributed by atoms with Crippen LogP contribution in [-0.4, -0.2) is 44.3 Å². The van der Waals surface area contributed by atoms with Gasteiger partial charge in [-0.25, -0.2) is 4.79 Å². The van der Waals surface area contributed by atoms with Crippen LogP contribution < -0.4 is 0 Å². The summed E-state index contributed by atoms with van der Waals surface area (Å²) in [6, 6.07) is 7.52. The number of ether oxygens (including phenoxy) is 1. The Morgan fingerprint density at radius 3 is 2.68 bits per heavy atom. The number of aryl methyl sites for hydroxylation is 1. The van der Waals surface area contributed by atoms with Gasteiger partial charge in [0.25, 0.3) is 5.91 Å². The Bertz CT molecular complexity index is 775. The average Bonchev–Trinajstić information content (AvgIpc) is 2.98. The fraction of sp³-hybridized carbons (Fsp3) is 0.353. The zero-order valence-corrected chi connectivity index (χ0v) is 17.4. The lowest BCUT2D eigenvalue weighted by molar-refractivity contribution is -0.150. The van der Waals surface area contributed by atoms with Gasteiger partial charge in [0.2, 0.25) is 0 Å². The van der Waals surface area contributed by atoms with Gasteiger partial charge in [0.15, 0.2) is 6.04 Å². The highest BCUT2D eigenvalue weighted by Crippen LogP contribution is 2.43. The van der Waals surface area contributed by atoms with Crippen LogP contribution in [0.3, 0.4) is 0 Å². The third-order valence-corrected chi connectivity index (χ3v) is 5.77. The molecule has 0 radical (unpaired) electrons. The predicted molar refractivity (Wildman–Crippen MR) is 108 cm³/mol. The lowest BCUT2D eigenvalue weighted by Crippen LogP contribution is -2.61. The van der Waals surface area contributed by atoms with Crippen LogP contribution >= 0.6 is 46.0 Å². The first-order valence-corrected chi connectivity index (χ1v) is 10.5. The molecule has 25 heavy (non-hydrogen) atoms. The molecule has 8 heteroatoms. The van der Waals surface area contributed by atoms with Gasteiger partial charge in [-0.1, -0.05) is 75.8 Å². The van der Waals surface area contributed by atoms with E-state index in [-0.39, 0.29) is 28.6 Å². The first-order chi connectivity index (χ1) is 11.9. The van der Waals surface area contributed by atoms with Gasteiger partial charge in [-0.3, -0.25) is 14.7 Å². The Morgan fingerprint density at radius 1 is 1.40 bits per heavy atom. The number of esters is 1. The highest BCUT2D eigenvalue weighted by molar-refractivity contribution is 14.1. The van der Waals surface area contributed by atoms with E-state index in [1.54, 1.807) is 6.92 Å². The summed E-state index contributed by atoms with van der Waals surface area (Å²) in [7, 11) is 0. The Kier molecular flexibility index (Phi) is 5.75. The lowest BCUT2D eigenvalue weighted by Gasteiger charge is -2.41. The van der Waals surface area contributed by atoms with Crippen LogP contribution in [-0.2, 0) is 14.3 Å². The number of benzene rings is 1. The van der Waals surface area contributed by atoms with Crippen molar-refractivity contribution < 1.29 is 14.3 Å². The fourth-order valence-corrected chi connectivity index (χ4v) is 4.32. The molecule has 2 aliphatic heterocycles. The highest BCUT2D eigenvalue weighted by atomic mass is 127. The van der Waals surface area contributed by atoms with Crippen LogP contribution in [0.5, 0.6) is 0 Å². The Labute approximate surface area is 169 Å². The molecule has 0 saturated carbocycles. The van der Waals surface area contributed by atoms with Crippen LogP contribution in [0.2, 0.25) is 0 Å². The van der Waals surface area contributed by atoms with Crippen molar-refractivity contribution in [3.63, 3.8) is 0 Å². The van der Waals surface area contributed by atoms with Crippen LogP contribution in [0.15, 0.2) is 40.0 Å². The molecule has 2 atom stereocenters. The minimum absolute atomic E-state index is 0.116. The molecule has 1 aromatic rings.